The molecule has 0 aliphatic heterocycles. The average Bonchev–Trinajstić information content (AvgIpc) is 2.50. The number of halogens is 1. The van der Waals surface area contributed by atoms with Gasteiger partial charge in [-0.15, -0.1) is 0 Å². The summed E-state index contributed by atoms with van der Waals surface area (Å²) in [6.45, 7) is 5.63. The van der Waals surface area contributed by atoms with Crippen LogP contribution in [0.25, 0.3) is 0 Å². The van der Waals surface area contributed by atoms with Crippen molar-refractivity contribution in [3.8, 4) is 5.75 Å². The highest BCUT2D eigenvalue weighted by Gasteiger charge is 2.11. The molecule has 112 valence electrons. The Balaban J connectivity index is 2.12. The quantitative estimate of drug-likeness (QED) is 0.827. The Morgan fingerprint density at radius 3 is 2.24 bits per heavy atom. The molecule has 0 aliphatic carbocycles. The lowest BCUT2D eigenvalue weighted by atomic mass is 9.98. The summed E-state index contributed by atoms with van der Waals surface area (Å²) in [5.74, 6) is 0.693. The number of hydrogen-bond donors (Lipinski definition) is 1. The first-order valence-electron chi connectivity index (χ1n) is 7.43. The van der Waals surface area contributed by atoms with Crippen LogP contribution < -0.4 is 10.1 Å². The minimum atomic E-state index is -0.195. The normalized spacial score (nSPS) is 12.1. The van der Waals surface area contributed by atoms with E-state index in [-0.39, 0.29) is 11.9 Å². The van der Waals surface area contributed by atoms with Gasteiger partial charge in [-0.25, -0.2) is 4.39 Å². The molecule has 0 amide bonds. The second-order valence-corrected chi connectivity index (χ2v) is 4.94. The third-order valence-corrected chi connectivity index (χ3v) is 3.40. The predicted octanol–water partition coefficient (Wildman–Crippen LogP) is 4.12. The number of nitrogens with one attached hydrogen (secondary N) is 1. The number of benzene rings is 2. The first-order valence-corrected chi connectivity index (χ1v) is 7.43. The lowest BCUT2D eigenvalue weighted by molar-refractivity contribution is 0.340. The van der Waals surface area contributed by atoms with Gasteiger partial charge in [0.15, 0.2) is 0 Å². The Morgan fingerprint density at radius 1 is 1.00 bits per heavy atom. The van der Waals surface area contributed by atoms with Crippen LogP contribution in [0.1, 0.15) is 31.0 Å². The Morgan fingerprint density at radius 2 is 1.67 bits per heavy atom. The van der Waals surface area contributed by atoms with Crippen LogP contribution >= 0.6 is 0 Å². The highest BCUT2D eigenvalue weighted by molar-refractivity contribution is 5.30. The fourth-order valence-corrected chi connectivity index (χ4v) is 2.37. The van der Waals surface area contributed by atoms with Crippen molar-refractivity contribution in [2.45, 2.75) is 26.3 Å². The Kier molecular flexibility index (Phi) is 5.76. The molecule has 0 heterocycles. The largest absolute Gasteiger partial charge is 0.494 e. The standard InChI is InChI=1S/C18H22FNO/c1-3-20-18(13-14-5-9-16(19)10-6-14)15-7-11-17(12-8-15)21-4-2/h5-12,18,20H,3-4,13H2,1-2H3. The van der Waals surface area contributed by atoms with Gasteiger partial charge in [0.1, 0.15) is 11.6 Å². The van der Waals surface area contributed by atoms with Gasteiger partial charge < -0.3 is 10.1 Å². The molecule has 0 spiro atoms. The lowest BCUT2D eigenvalue weighted by Crippen LogP contribution is -2.22. The highest BCUT2D eigenvalue weighted by Crippen LogP contribution is 2.21. The molecule has 21 heavy (non-hydrogen) atoms. The van der Waals surface area contributed by atoms with Crippen LogP contribution in [0.4, 0.5) is 4.39 Å². The van der Waals surface area contributed by atoms with Crippen LogP contribution in [0.3, 0.4) is 0 Å². The molecule has 3 heteroatoms. The zero-order chi connectivity index (χ0) is 15.1. The first-order chi connectivity index (χ1) is 10.2. The van der Waals surface area contributed by atoms with Gasteiger partial charge in [0.05, 0.1) is 6.61 Å². The van der Waals surface area contributed by atoms with E-state index >= 15 is 0 Å². The summed E-state index contributed by atoms with van der Waals surface area (Å²) >= 11 is 0. The monoisotopic (exact) mass is 287 g/mol. The van der Waals surface area contributed by atoms with E-state index in [1.165, 1.54) is 17.7 Å². The van der Waals surface area contributed by atoms with Crippen LogP contribution in [-0.4, -0.2) is 13.2 Å². The van der Waals surface area contributed by atoms with Crippen molar-refractivity contribution in [1.82, 2.24) is 5.32 Å². The predicted molar refractivity (Wildman–Crippen MR) is 84.1 cm³/mol. The van der Waals surface area contributed by atoms with Gasteiger partial charge in [0.25, 0.3) is 0 Å². The van der Waals surface area contributed by atoms with Crippen LogP contribution in [0, 0.1) is 5.82 Å². The molecular formula is C18H22FNO. The molecule has 0 fully saturated rings. The lowest BCUT2D eigenvalue weighted by Gasteiger charge is -2.19. The van der Waals surface area contributed by atoms with Crippen molar-refractivity contribution in [2.75, 3.05) is 13.2 Å². The maximum Gasteiger partial charge on any atom is 0.123 e. The smallest absolute Gasteiger partial charge is 0.123 e. The first kappa shape index (κ1) is 15.5. The second kappa shape index (κ2) is 7.79. The van der Waals surface area contributed by atoms with Gasteiger partial charge in [-0.2, -0.15) is 0 Å². The third-order valence-electron chi connectivity index (χ3n) is 3.40. The van der Waals surface area contributed by atoms with E-state index in [0.29, 0.717) is 6.61 Å². The van der Waals surface area contributed by atoms with E-state index in [1.807, 2.05) is 31.2 Å². The molecule has 0 saturated carbocycles. The molecule has 2 aromatic rings. The molecule has 0 saturated heterocycles. The molecule has 1 atom stereocenters. The van der Waals surface area contributed by atoms with E-state index < -0.39 is 0 Å². The number of rotatable bonds is 7. The maximum atomic E-state index is 13.0. The molecule has 1 unspecified atom stereocenters. The van der Waals surface area contributed by atoms with Gasteiger partial charge in [-0.3, -0.25) is 0 Å². The summed E-state index contributed by atoms with van der Waals surface area (Å²) in [6, 6.07) is 15.1. The summed E-state index contributed by atoms with van der Waals surface area (Å²) in [7, 11) is 0. The molecular weight excluding hydrogens is 265 g/mol. The van der Waals surface area contributed by atoms with E-state index in [9.17, 15) is 4.39 Å². The zero-order valence-electron chi connectivity index (χ0n) is 12.6. The maximum absolute atomic E-state index is 13.0. The minimum Gasteiger partial charge on any atom is -0.494 e. The van der Waals surface area contributed by atoms with Gasteiger partial charge in [-0.05, 0) is 55.3 Å². The topological polar surface area (TPSA) is 21.3 Å². The van der Waals surface area contributed by atoms with E-state index in [0.717, 1.165) is 24.3 Å². The molecule has 2 aromatic carbocycles. The SMILES string of the molecule is CCNC(Cc1ccc(F)cc1)c1ccc(OCC)cc1. The summed E-state index contributed by atoms with van der Waals surface area (Å²) in [5, 5.41) is 3.48. The van der Waals surface area contributed by atoms with E-state index in [4.69, 9.17) is 4.74 Å². The summed E-state index contributed by atoms with van der Waals surface area (Å²) < 4.78 is 18.5. The fourth-order valence-electron chi connectivity index (χ4n) is 2.37. The summed E-state index contributed by atoms with van der Waals surface area (Å²) in [5.41, 5.74) is 2.33. The number of likely N-dealkylation sites (N-methyl/N-ethyl adjacent to an activating group) is 1. The van der Waals surface area contributed by atoms with Crippen LogP contribution in [0.2, 0.25) is 0 Å². The van der Waals surface area contributed by atoms with Crippen molar-refractivity contribution in [3.63, 3.8) is 0 Å². The molecule has 0 aliphatic rings. The van der Waals surface area contributed by atoms with Crippen LogP contribution in [0.5, 0.6) is 5.75 Å². The Hall–Kier alpha value is -1.87. The van der Waals surface area contributed by atoms with Gasteiger partial charge in [0, 0.05) is 6.04 Å². The van der Waals surface area contributed by atoms with Gasteiger partial charge >= 0.3 is 0 Å². The van der Waals surface area contributed by atoms with Gasteiger partial charge in [0.2, 0.25) is 0 Å². The molecule has 0 radical (unpaired) electrons. The van der Waals surface area contributed by atoms with Crippen molar-refractivity contribution in [3.05, 3.63) is 65.5 Å². The van der Waals surface area contributed by atoms with Crippen molar-refractivity contribution in [2.24, 2.45) is 0 Å². The number of hydrogen-bond acceptors (Lipinski definition) is 2. The van der Waals surface area contributed by atoms with Gasteiger partial charge in [-0.1, -0.05) is 31.2 Å². The van der Waals surface area contributed by atoms with Crippen molar-refractivity contribution < 1.29 is 9.13 Å². The molecule has 0 bridgehead atoms. The van der Waals surface area contributed by atoms with E-state index in [2.05, 4.69) is 24.4 Å². The third kappa shape index (κ3) is 4.57. The Labute approximate surface area is 126 Å². The number of ether oxygens (including phenoxy) is 1. The molecule has 0 aromatic heterocycles. The van der Waals surface area contributed by atoms with Crippen LogP contribution in [-0.2, 0) is 6.42 Å². The van der Waals surface area contributed by atoms with Crippen LogP contribution in [0.15, 0.2) is 48.5 Å². The fraction of sp³-hybridized carbons (Fsp3) is 0.333. The second-order valence-electron chi connectivity index (χ2n) is 4.94. The molecule has 2 nitrogen and oxygen atoms in total. The molecule has 1 N–H and O–H groups in total. The highest BCUT2D eigenvalue weighted by atomic mass is 19.1. The average molecular weight is 287 g/mol. The zero-order valence-corrected chi connectivity index (χ0v) is 12.6. The summed E-state index contributed by atoms with van der Waals surface area (Å²) in [6.07, 6.45) is 0.835. The van der Waals surface area contributed by atoms with Crippen molar-refractivity contribution in [1.29, 1.82) is 0 Å². The van der Waals surface area contributed by atoms with Crippen molar-refractivity contribution >= 4 is 0 Å². The van der Waals surface area contributed by atoms with E-state index in [1.54, 1.807) is 0 Å². The summed E-state index contributed by atoms with van der Waals surface area (Å²) in [4.78, 5) is 0. The molecule has 2 rings (SSSR count). The Bertz CT molecular complexity index is 536. The minimum absolute atomic E-state index is 0.195.